The average Bonchev–Trinajstić information content (AvgIpc) is 2.62. The van der Waals surface area contributed by atoms with Gasteiger partial charge in [-0.05, 0) is 42.9 Å². The zero-order valence-corrected chi connectivity index (χ0v) is 14.3. The van der Waals surface area contributed by atoms with E-state index in [1.165, 1.54) is 24.8 Å². The number of hydrogen-bond acceptors (Lipinski definition) is 3. The molecule has 128 valence electrons. The number of carbonyl (C=O) groups is 1. The summed E-state index contributed by atoms with van der Waals surface area (Å²) in [4.78, 5) is 16.8. The van der Waals surface area contributed by atoms with Gasteiger partial charge < -0.3 is 11.1 Å². The van der Waals surface area contributed by atoms with Gasteiger partial charge in [0.2, 0.25) is 5.91 Å². The number of aromatic nitrogens is 1. The Hall–Kier alpha value is -1.94. The Bertz CT molecular complexity index is 687. The molecule has 3 N–H and O–H groups in total. The van der Waals surface area contributed by atoms with Gasteiger partial charge in [-0.15, -0.1) is 0 Å². The highest BCUT2D eigenvalue weighted by molar-refractivity contribution is 5.81. The Morgan fingerprint density at radius 3 is 2.75 bits per heavy atom. The monoisotopic (exact) mass is 325 g/mol. The zero-order chi connectivity index (χ0) is 16.8. The number of pyridine rings is 1. The summed E-state index contributed by atoms with van der Waals surface area (Å²) in [7, 11) is 0. The summed E-state index contributed by atoms with van der Waals surface area (Å²) in [5.41, 5.74) is 8.22. The topological polar surface area (TPSA) is 68.0 Å². The minimum atomic E-state index is 0.0311. The summed E-state index contributed by atoms with van der Waals surface area (Å²) >= 11 is 0. The molecule has 0 saturated heterocycles. The van der Waals surface area contributed by atoms with E-state index in [1.807, 2.05) is 18.3 Å². The lowest BCUT2D eigenvalue weighted by molar-refractivity contribution is -0.123. The first-order valence-electron chi connectivity index (χ1n) is 9.02. The molecule has 0 unspecified atom stereocenters. The lowest BCUT2D eigenvalue weighted by Gasteiger charge is -2.35. The van der Waals surface area contributed by atoms with Crippen LogP contribution in [0, 0.1) is 5.41 Å². The number of nitrogens with two attached hydrogens (primary N) is 1. The molecule has 1 saturated carbocycles. The van der Waals surface area contributed by atoms with E-state index in [9.17, 15) is 4.79 Å². The number of fused-ring (bicyclic) bond motifs is 1. The minimum absolute atomic E-state index is 0.0311. The molecule has 1 aliphatic rings. The van der Waals surface area contributed by atoms with Crippen molar-refractivity contribution in [1.29, 1.82) is 0 Å². The number of para-hydroxylation sites is 1. The van der Waals surface area contributed by atoms with Gasteiger partial charge in [-0.3, -0.25) is 9.78 Å². The number of rotatable bonds is 6. The Kier molecular flexibility index (Phi) is 5.46. The van der Waals surface area contributed by atoms with E-state index < -0.39 is 0 Å². The quantitative estimate of drug-likeness (QED) is 0.857. The van der Waals surface area contributed by atoms with E-state index >= 15 is 0 Å². The highest BCUT2D eigenvalue weighted by Crippen LogP contribution is 2.38. The smallest absolute Gasteiger partial charge is 0.220 e. The maximum absolute atomic E-state index is 12.3. The molecule has 4 nitrogen and oxygen atoms in total. The normalized spacial score (nSPS) is 16.9. The second-order valence-corrected chi connectivity index (χ2v) is 7.03. The highest BCUT2D eigenvalue weighted by Gasteiger charge is 2.32. The molecule has 0 spiro atoms. The molecule has 4 heteroatoms. The van der Waals surface area contributed by atoms with Crippen molar-refractivity contribution in [2.24, 2.45) is 11.1 Å². The van der Waals surface area contributed by atoms with Crippen molar-refractivity contribution in [1.82, 2.24) is 10.3 Å². The van der Waals surface area contributed by atoms with Crippen molar-refractivity contribution in [3.63, 3.8) is 0 Å². The Morgan fingerprint density at radius 1 is 1.17 bits per heavy atom. The van der Waals surface area contributed by atoms with Gasteiger partial charge in [-0.2, -0.15) is 0 Å². The largest absolute Gasteiger partial charge is 0.356 e. The summed E-state index contributed by atoms with van der Waals surface area (Å²) < 4.78 is 0. The second kappa shape index (κ2) is 7.75. The number of hydrogen-bond donors (Lipinski definition) is 2. The molecule has 1 aromatic heterocycles. The van der Waals surface area contributed by atoms with Crippen LogP contribution < -0.4 is 11.1 Å². The van der Waals surface area contributed by atoms with Crippen molar-refractivity contribution >= 4 is 16.8 Å². The minimum Gasteiger partial charge on any atom is -0.356 e. The SMILES string of the molecule is NCC1(CC(=O)NCCc2cccc3cccnc23)CCCCC1. The van der Waals surface area contributed by atoms with Crippen LogP contribution in [0.1, 0.15) is 44.1 Å². The first-order valence-corrected chi connectivity index (χ1v) is 9.02. The Labute approximate surface area is 143 Å². The van der Waals surface area contributed by atoms with Gasteiger partial charge in [0, 0.05) is 24.5 Å². The molecule has 0 aliphatic heterocycles. The lowest BCUT2D eigenvalue weighted by Crippen LogP contribution is -2.39. The standard InChI is InChI=1S/C20H27N3O/c21-15-20(10-2-1-3-11-20)14-18(24)22-13-9-17-7-4-6-16-8-5-12-23-19(16)17/h4-8,12H,1-3,9-11,13-15,21H2,(H,22,24). The van der Waals surface area contributed by atoms with Gasteiger partial charge in [0.15, 0.2) is 0 Å². The summed E-state index contributed by atoms with van der Waals surface area (Å²) in [5.74, 6) is 0.135. The number of nitrogens with zero attached hydrogens (tertiary/aromatic N) is 1. The maximum Gasteiger partial charge on any atom is 0.220 e. The van der Waals surface area contributed by atoms with Gasteiger partial charge in [-0.25, -0.2) is 0 Å². The summed E-state index contributed by atoms with van der Waals surface area (Å²) in [6, 6.07) is 10.2. The highest BCUT2D eigenvalue weighted by atomic mass is 16.1. The van der Waals surface area contributed by atoms with Crippen LogP contribution in [0.5, 0.6) is 0 Å². The molecular formula is C20H27N3O. The molecule has 0 atom stereocenters. The fourth-order valence-corrected chi connectivity index (χ4v) is 3.86. The van der Waals surface area contributed by atoms with E-state index in [1.54, 1.807) is 0 Å². The zero-order valence-electron chi connectivity index (χ0n) is 14.3. The molecule has 1 aromatic carbocycles. The van der Waals surface area contributed by atoms with Gasteiger partial charge in [-0.1, -0.05) is 43.5 Å². The summed E-state index contributed by atoms with van der Waals surface area (Å²) in [6.45, 7) is 1.27. The summed E-state index contributed by atoms with van der Waals surface area (Å²) in [5, 5.41) is 4.22. The van der Waals surface area contributed by atoms with Crippen LogP contribution in [0.2, 0.25) is 0 Å². The van der Waals surface area contributed by atoms with Gasteiger partial charge in [0.1, 0.15) is 0 Å². The first-order chi connectivity index (χ1) is 11.7. The molecular weight excluding hydrogens is 298 g/mol. The van der Waals surface area contributed by atoms with Crippen LogP contribution in [0.4, 0.5) is 0 Å². The molecule has 3 rings (SSSR count). The fourth-order valence-electron chi connectivity index (χ4n) is 3.86. The lowest BCUT2D eigenvalue weighted by atomic mass is 9.71. The van der Waals surface area contributed by atoms with E-state index in [0.29, 0.717) is 19.5 Å². The number of amides is 1. The third-order valence-electron chi connectivity index (χ3n) is 5.32. The van der Waals surface area contributed by atoms with E-state index in [2.05, 4.69) is 28.5 Å². The third-order valence-corrected chi connectivity index (χ3v) is 5.32. The van der Waals surface area contributed by atoms with E-state index in [-0.39, 0.29) is 11.3 Å². The molecule has 1 aliphatic carbocycles. The number of benzene rings is 1. The fraction of sp³-hybridized carbons (Fsp3) is 0.500. The Morgan fingerprint density at radius 2 is 1.96 bits per heavy atom. The van der Waals surface area contributed by atoms with Crippen molar-refractivity contribution < 1.29 is 4.79 Å². The van der Waals surface area contributed by atoms with Crippen LogP contribution >= 0.6 is 0 Å². The predicted octanol–water partition coefficient (Wildman–Crippen LogP) is 3.19. The van der Waals surface area contributed by atoms with Crippen molar-refractivity contribution in [3.05, 3.63) is 42.1 Å². The predicted molar refractivity (Wildman–Crippen MR) is 97.6 cm³/mol. The molecule has 1 amide bonds. The molecule has 24 heavy (non-hydrogen) atoms. The van der Waals surface area contributed by atoms with Crippen LogP contribution in [-0.2, 0) is 11.2 Å². The molecule has 1 heterocycles. The number of carbonyl (C=O) groups excluding carboxylic acids is 1. The van der Waals surface area contributed by atoms with Crippen molar-refractivity contribution in [3.8, 4) is 0 Å². The molecule has 0 bridgehead atoms. The van der Waals surface area contributed by atoms with Crippen LogP contribution in [0.25, 0.3) is 10.9 Å². The first kappa shape index (κ1) is 16.9. The maximum atomic E-state index is 12.3. The molecule has 0 radical (unpaired) electrons. The van der Waals surface area contributed by atoms with Crippen LogP contribution in [0.15, 0.2) is 36.5 Å². The van der Waals surface area contributed by atoms with E-state index in [4.69, 9.17) is 5.73 Å². The average molecular weight is 325 g/mol. The van der Waals surface area contributed by atoms with Crippen molar-refractivity contribution in [2.45, 2.75) is 44.9 Å². The van der Waals surface area contributed by atoms with Crippen LogP contribution in [0.3, 0.4) is 0 Å². The second-order valence-electron chi connectivity index (χ2n) is 7.03. The van der Waals surface area contributed by atoms with E-state index in [0.717, 1.165) is 30.2 Å². The van der Waals surface area contributed by atoms with Gasteiger partial charge in [0.05, 0.1) is 5.52 Å². The Balaban J connectivity index is 1.55. The van der Waals surface area contributed by atoms with Crippen molar-refractivity contribution in [2.75, 3.05) is 13.1 Å². The number of nitrogens with one attached hydrogen (secondary N) is 1. The van der Waals surface area contributed by atoms with Crippen LogP contribution in [-0.4, -0.2) is 24.0 Å². The van der Waals surface area contributed by atoms with Gasteiger partial charge >= 0.3 is 0 Å². The summed E-state index contributed by atoms with van der Waals surface area (Å²) in [6.07, 6.45) is 9.04. The third kappa shape index (κ3) is 3.93. The molecule has 2 aromatic rings. The molecule has 1 fully saturated rings. The van der Waals surface area contributed by atoms with Gasteiger partial charge in [0.25, 0.3) is 0 Å².